The highest BCUT2D eigenvalue weighted by atomic mass is 35.5. The summed E-state index contributed by atoms with van der Waals surface area (Å²) < 4.78 is 12.3. The van der Waals surface area contributed by atoms with Crippen molar-refractivity contribution in [3.05, 3.63) is 35.1 Å². The lowest BCUT2D eigenvalue weighted by Crippen LogP contribution is -1.92. The Bertz CT molecular complexity index is 445. The largest absolute Gasteiger partial charge is 0.245 e. The number of para-hydroxylation sites is 2. The maximum atomic E-state index is 12.3. The molecule has 0 fully saturated rings. The molecule has 0 bridgehead atoms. The van der Waals surface area contributed by atoms with Crippen LogP contribution in [0.25, 0.3) is 11.0 Å². The number of alkyl halides is 1. The SMILES string of the molecule is FCc1nc2ccccc2nc1Cl. The van der Waals surface area contributed by atoms with E-state index in [1.54, 1.807) is 12.1 Å². The van der Waals surface area contributed by atoms with Crippen molar-refractivity contribution in [3.8, 4) is 0 Å². The minimum absolute atomic E-state index is 0.140. The molecular weight excluding hydrogens is 191 g/mol. The quantitative estimate of drug-likeness (QED) is 0.701. The standard InChI is InChI=1S/C9H6ClFN2/c10-9-8(5-11)12-6-3-1-2-4-7(6)13-9/h1-4H,5H2. The van der Waals surface area contributed by atoms with Crippen LogP contribution in [0.4, 0.5) is 4.39 Å². The van der Waals surface area contributed by atoms with Crippen LogP contribution in [0.1, 0.15) is 5.69 Å². The number of rotatable bonds is 1. The molecule has 2 rings (SSSR count). The van der Waals surface area contributed by atoms with Gasteiger partial charge in [-0.25, -0.2) is 14.4 Å². The molecule has 0 unspecified atom stereocenters. The Morgan fingerprint density at radius 1 is 1.15 bits per heavy atom. The summed E-state index contributed by atoms with van der Waals surface area (Å²) in [6.07, 6.45) is 0. The highest BCUT2D eigenvalue weighted by Gasteiger charge is 2.04. The Labute approximate surface area is 79.4 Å². The molecule has 0 aliphatic rings. The third-order valence-electron chi connectivity index (χ3n) is 1.72. The highest BCUT2D eigenvalue weighted by Crippen LogP contribution is 2.17. The fraction of sp³-hybridized carbons (Fsp3) is 0.111. The van der Waals surface area contributed by atoms with Crippen molar-refractivity contribution in [3.63, 3.8) is 0 Å². The fourth-order valence-corrected chi connectivity index (χ4v) is 1.28. The van der Waals surface area contributed by atoms with Crippen LogP contribution in [0.15, 0.2) is 24.3 Å². The van der Waals surface area contributed by atoms with Gasteiger partial charge in [-0.05, 0) is 12.1 Å². The van der Waals surface area contributed by atoms with Crippen LogP contribution in [0.5, 0.6) is 0 Å². The van der Waals surface area contributed by atoms with E-state index in [-0.39, 0.29) is 10.8 Å². The second kappa shape index (κ2) is 3.26. The van der Waals surface area contributed by atoms with Crippen molar-refractivity contribution in [1.82, 2.24) is 9.97 Å². The molecule has 0 aliphatic heterocycles. The summed E-state index contributed by atoms with van der Waals surface area (Å²) in [5.41, 5.74) is 1.55. The molecule has 13 heavy (non-hydrogen) atoms. The molecule has 0 radical (unpaired) electrons. The molecule has 0 amide bonds. The zero-order valence-electron chi connectivity index (χ0n) is 6.67. The van der Waals surface area contributed by atoms with Crippen molar-refractivity contribution in [2.45, 2.75) is 6.67 Å². The van der Waals surface area contributed by atoms with E-state index < -0.39 is 6.67 Å². The van der Waals surface area contributed by atoms with Crippen LogP contribution in [-0.4, -0.2) is 9.97 Å². The third-order valence-corrected chi connectivity index (χ3v) is 2.02. The van der Waals surface area contributed by atoms with E-state index in [1.165, 1.54) is 0 Å². The maximum Gasteiger partial charge on any atom is 0.153 e. The predicted molar refractivity (Wildman–Crippen MR) is 49.4 cm³/mol. The first kappa shape index (κ1) is 8.38. The van der Waals surface area contributed by atoms with E-state index in [9.17, 15) is 4.39 Å². The second-order valence-electron chi connectivity index (χ2n) is 2.58. The maximum absolute atomic E-state index is 12.3. The van der Waals surface area contributed by atoms with Crippen LogP contribution in [0, 0.1) is 0 Å². The third kappa shape index (κ3) is 1.47. The molecular formula is C9H6ClFN2. The number of hydrogen-bond donors (Lipinski definition) is 0. The molecule has 0 N–H and O–H groups in total. The number of halogens is 2. The highest BCUT2D eigenvalue weighted by molar-refractivity contribution is 6.30. The number of nitrogens with zero attached hydrogens (tertiary/aromatic N) is 2. The Morgan fingerprint density at radius 3 is 2.38 bits per heavy atom. The summed E-state index contributed by atoms with van der Waals surface area (Å²) in [5, 5.41) is 0.140. The minimum Gasteiger partial charge on any atom is -0.245 e. The molecule has 1 heterocycles. The van der Waals surface area contributed by atoms with Crippen molar-refractivity contribution in [2.75, 3.05) is 0 Å². The van der Waals surface area contributed by atoms with Crippen LogP contribution in [-0.2, 0) is 6.67 Å². The van der Waals surface area contributed by atoms with Crippen LogP contribution < -0.4 is 0 Å². The van der Waals surface area contributed by atoms with Gasteiger partial charge in [-0.1, -0.05) is 23.7 Å². The van der Waals surface area contributed by atoms with Crippen molar-refractivity contribution in [1.29, 1.82) is 0 Å². The van der Waals surface area contributed by atoms with Crippen molar-refractivity contribution >= 4 is 22.6 Å². The average Bonchev–Trinajstić information content (AvgIpc) is 2.17. The monoisotopic (exact) mass is 196 g/mol. The van der Waals surface area contributed by atoms with Gasteiger partial charge in [0.2, 0.25) is 0 Å². The first-order chi connectivity index (χ1) is 6.31. The van der Waals surface area contributed by atoms with Gasteiger partial charge < -0.3 is 0 Å². The topological polar surface area (TPSA) is 25.8 Å². The first-order valence-corrected chi connectivity index (χ1v) is 4.16. The van der Waals surface area contributed by atoms with Crippen LogP contribution >= 0.6 is 11.6 Å². The lowest BCUT2D eigenvalue weighted by molar-refractivity contribution is 0.476. The van der Waals surface area contributed by atoms with Gasteiger partial charge in [0.1, 0.15) is 12.4 Å². The summed E-state index contributed by atoms with van der Waals surface area (Å²) in [6.45, 7) is -0.684. The lowest BCUT2D eigenvalue weighted by atomic mass is 10.3. The zero-order valence-corrected chi connectivity index (χ0v) is 7.42. The molecule has 0 aliphatic carbocycles. The van der Waals surface area contributed by atoms with E-state index in [0.29, 0.717) is 11.0 Å². The van der Waals surface area contributed by atoms with Gasteiger partial charge in [-0.2, -0.15) is 0 Å². The second-order valence-corrected chi connectivity index (χ2v) is 2.94. The number of aromatic nitrogens is 2. The molecule has 2 aromatic rings. The molecule has 2 nitrogen and oxygen atoms in total. The molecule has 0 atom stereocenters. The summed E-state index contributed by atoms with van der Waals surface area (Å²) in [6, 6.07) is 7.23. The average molecular weight is 197 g/mol. The predicted octanol–water partition coefficient (Wildman–Crippen LogP) is 2.75. The Morgan fingerprint density at radius 2 is 1.77 bits per heavy atom. The Kier molecular flexibility index (Phi) is 2.10. The fourth-order valence-electron chi connectivity index (χ4n) is 1.10. The van der Waals surface area contributed by atoms with E-state index >= 15 is 0 Å². The minimum atomic E-state index is -0.684. The van der Waals surface area contributed by atoms with Gasteiger partial charge in [0.15, 0.2) is 5.15 Å². The first-order valence-electron chi connectivity index (χ1n) is 3.78. The normalized spacial score (nSPS) is 10.6. The van der Waals surface area contributed by atoms with E-state index in [1.807, 2.05) is 12.1 Å². The summed E-state index contributed by atoms with van der Waals surface area (Å²) in [4.78, 5) is 8.03. The Balaban J connectivity index is 2.74. The summed E-state index contributed by atoms with van der Waals surface area (Å²) in [7, 11) is 0. The molecule has 4 heteroatoms. The van der Waals surface area contributed by atoms with Gasteiger partial charge in [-0.15, -0.1) is 0 Å². The van der Waals surface area contributed by atoms with Gasteiger partial charge in [0.05, 0.1) is 11.0 Å². The van der Waals surface area contributed by atoms with Crippen molar-refractivity contribution in [2.24, 2.45) is 0 Å². The number of hydrogen-bond acceptors (Lipinski definition) is 2. The number of benzene rings is 1. The van der Waals surface area contributed by atoms with Gasteiger partial charge in [-0.3, -0.25) is 0 Å². The lowest BCUT2D eigenvalue weighted by Gasteiger charge is -2.00. The molecule has 0 spiro atoms. The molecule has 0 saturated heterocycles. The summed E-state index contributed by atoms with van der Waals surface area (Å²) >= 11 is 5.69. The molecule has 0 saturated carbocycles. The van der Waals surface area contributed by atoms with Crippen LogP contribution in [0.3, 0.4) is 0 Å². The molecule has 66 valence electrons. The van der Waals surface area contributed by atoms with Crippen molar-refractivity contribution < 1.29 is 4.39 Å². The van der Waals surface area contributed by atoms with E-state index in [0.717, 1.165) is 0 Å². The Hall–Kier alpha value is -1.22. The zero-order chi connectivity index (χ0) is 9.26. The van der Waals surface area contributed by atoms with Gasteiger partial charge >= 0.3 is 0 Å². The molecule has 1 aromatic heterocycles. The molecule has 1 aromatic carbocycles. The van der Waals surface area contributed by atoms with Gasteiger partial charge in [0, 0.05) is 0 Å². The smallest absolute Gasteiger partial charge is 0.153 e. The van der Waals surface area contributed by atoms with Gasteiger partial charge in [0.25, 0.3) is 0 Å². The van der Waals surface area contributed by atoms with E-state index in [2.05, 4.69) is 9.97 Å². The summed E-state index contributed by atoms with van der Waals surface area (Å²) in [5.74, 6) is 0. The van der Waals surface area contributed by atoms with E-state index in [4.69, 9.17) is 11.6 Å². The van der Waals surface area contributed by atoms with Crippen LogP contribution in [0.2, 0.25) is 5.15 Å². The number of fused-ring (bicyclic) bond motifs is 1.